The Kier molecular flexibility index (Phi) is 6.62. The highest BCUT2D eigenvalue weighted by molar-refractivity contribution is 5.74. The number of esters is 1. The molecule has 1 aliphatic heterocycles. The fraction of sp³-hybridized carbons (Fsp3) is 0.391. The van der Waals surface area contributed by atoms with E-state index in [9.17, 15) is 14.7 Å². The van der Waals surface area contributed by atoms with Crippen LogP contribution in [0, 0.1) is 0 Å². The van der Waals surface area contributed by atoms with Gasteiger partial charge in [-0.15, -0.1) is 0 Å². The molecule has 0 unspecified atom stereocenters. The lowest BCUT2D eigenvalue weighted by atomic mass is 10.1. The van der Waals surface area contributed by atoms with Crippen molar-refractivity contribution in [3.8, 4) is 5.75 Å². The minimum atomic E-state index is -1.39. The summed E-state index contributed by atoms with van der Waals surface area (Å²) in [6, 6.07) is 14.7. The molecule has 0 spiro atoms. The highest BCUT2D eigenvalue weighted by Crippen LogP contribution is 2.28. The van der Waals surface area contributed by atoms with Gasteiger partial charge in [0.2, 0.25) is 0 Å². The van der Waals surface area contributed by atoms with E-state index in [0.717, 1.165) is 16.7 Å². The van der Waals surface area contributed by atoms with E-state index in [1.807, 2.05) is 63.2 Å². The summed E-state index contributed by atoms with van der Waals surface area (Å²) in [4.78, 5) is 25.8. The molecule has 0 bridgehead atoms. The molecule has 1 heterocycles. The molecule has 0 radical (unpaired) electrons. The van der Waals surface area contributed by atoms with Gasteiger partial charge in [-0.1, -0.05) is 36.4 Å². The SMILES string of the molecule is CC(C)(C)OC(=O)N1Cc2ccc(OC[C@@H](O)C(=O)OCc3ccccc3)cc2C1. The van der Waals surface area contributed by atoms with Crippen LogP contribution in [0.15, 0.2) is 48.5 Å². The summed E-state index contributed by atoms with van der Waals surface area (Å²) in [6.07, 6.45) is -1.75. The van der Waals surface area contributed by atoms with Gasteiger partial charge in [0, 0.05) is 13.1 Å². The molecule has 3 rings (SSSR count). The van der Waals surface area contributed by atoms with Crippen molar-refractivity contribution in [2.24, 2.45) is 0 Å². The van der Waals surface area contributed by atoms with E-state index >= 15 is 0 Å². The summed E-state index contributed by atoms with van der Waals surface area (Å²) >= 11 is 0. The van der Waals surface area contributed by atoms with Crippen molar-refractivity contribution < 1.29 is 28.9 Å². The maximum absolute atomic E-state index is 12.3. The van der Waals surface area contributed by atoms with Crippen LogP contribution in [0.1, 0.15) is 37.5 Å². The molecule has 1 N–H and O–H groups in total. The monoisotopic (exact) mass is 413 g/mol. The molecule has 0 saturated heterocycles. The molecule has 160 valence electrons. The van der Waals surface area contributed by atoms with Gasteiger partial charge in [-0.25, -0.2) is 9.59 Å². The average Bonchev–Trinajstić information content (AvgIpc) is 3.13. The predicted molar refractivity (Wildman–Crippen MR) is 110 cm³/mol. The molecule has 0 saturated carbocycles. The lowest BCUT2D eigenvalue weighted by molar-refractivity contribution is -0.156. The van der Waals surface area contributed by atoms with Gasteiger partial charge >= 0.3 is 12.1 Å². The molecule has 1 atom stereocenters. The topological polar surface area (TPSA) is 85.3 Å². The number of benzene rings is 2. The number of rotatable bonds is 6. The second kappa shape index (κ2) is 9.17. The molecule has 0 fully saturated rings. The molecule has 7 heteroatoms. The number of amides is 1. The Labute approximate surface area is 176 Å². The smallest absolute Gasteiger partial charge is 0.410 e. The molecule has 0 aromatic heterocycles. The predicted octanol–water partition coefficient (Wildman–Crippen LogP) is 3.42. The molecule has 1 amide bonds. The van der Waals surface area contributed by atoms with Crippen molar-refractivity contribution in [3.05, 3.63) is 65.2 Å². The molecule has 2 aromatic rings. The number of nitrogens with zero attached hydrogens (tertiary/aromatic N) is 1. The Morgan fingerprint density at radius 2 is 1.77 bits per heavy atom. The van der Waals surface area contributed by atoms with Crippen LogP contribution in [0.3, 0.4) is 0 Å². The van der Waals surface area contributed by atoms with E-state index in [4.69, 9.17) is 14.2 Å². The fourth-order valence-electron chi connectivity index (χ4n) is 2.98. The van der Waals surface area contributed by atoms with Gasteiger partial charge < -0.3 is 19.3 Å². The normalized spacial score (nSPS) is 14.1. The fourth-order valence-corrected chi connectivity index (χ4v) is 2.98. The van der Waals surface area contributed by atoms with Crippen molar-refractivity contribution in [2.75, 3.05) is 6.61 Å². The summed E-state index contributed by atoms with van der Waals surface area (Å²) in [5.74, 6) is -0.231. The average molecular weight is 413 g/mol. The van der Waals surface area contributed by atoms with Crippen LogP contribution in [-0.4, -0.2) is 40.4 Å². The van der Waals surface area contributed by atoms with E-state index in [1.165, 1.54) is 0 Å². The number of carbonyl (C=O) groups is 2. The Morgan fingerprint density at radius 3 is 2.47 bits per heavy atom. The highest BCUT2D eigenvalue weighted by atomic mass is 16.6. The Morgan fingerprint density at radius 1 is 1.07 bits per heavy atom. The largest absolute Gasteiger partial charge is 0.490 e. The standard InChI is InChI=1S/C23H27NO6/c1-23(2,3)30-22(27)24-12-17-9-10-19(11-18(17)13-24)28-15-20(25)21(26)29-14-16-7-5-4-6-8-16/h4-11,20,25H,12-15H2,1-3H3/t20-/m1/s1. The Bertz CT molecular complexity index is 890. The van der Waals surface area contributed by atoms with Crippen LogP contribution in [0.25, 0.3) is 0 Å². The number of carbonyl (C=O) groups excluding carboxylic acids is 2. The third kappa shape index (κ3) is 5.97. The summed E-state index contributed by atoms with van der Waals surface area (Å²) in [5.41, 5.74) is 2.24. The number of aliphatic hydroxyl groups excluding tert-OH is 1. The van der Waals surface area contributed by atoms with Gasteiger partial charge in [0.1, 0.15) is 24.6 Å². The van der Waals surface area contributed by atoms with E-state index in [2.05, 4.69) is 0 Å². The van der Waals surface area contributed by atoms with Crippen LogP contribution in [0.5, 0.6) is 5.75 Å². The maximum Gasteiger partial charge on any atom is 0.410 e. The first-order valence-electron chi connectivity index (χ1n) is 9.82. The summed E-state index contributed by atoms with van der Waals surface area (Å²) in [6.45, 7) is 6.25. The first-order valence-corrected chi connectivity index (χ1v) is 9.82. The zero-order chi connectivity index (χ0) is 21.7. The van der Waals surface area contributed by atoms with E-state index < -0.39 is 17.7 Å². The summed E-state index contributed by atoms with van der Waals surface area (Å²) < 4.78 is 16.1. The van der Waals surface area contributed by atoms with E-state index in [-0.39, 0.29) is 19.3 Å². The third-order valence-corrected chi connectivity index (χ3v) is 4.46. The first kappa shape index (κ1) is 21.6. The van der Waals surface area contributed by atoms with Crippen LogP contribution < -0.4 is 4.74 Å². The minimum absolute atomic E-state index is 0.0933. The number of hydrogen-bond donors (Lipinski definition) is 1. The second-order valence-electron chi connectivity index (χ2n) is 8.19. The number of aliphatic hydroxyl groups is 1. The van der Waals surface area contributed by atoms with E-state index in [1.54, 1.807) is 11.0 Å². The van der Waals surface area contributed by atoms with Gasteiger partial charge in [0.05, 0.1) is 0 Å². The van der Waals surface area contributed by atoms with Crippen molar-refractivity contribution in [2.45, 2.75) is 52.2 Å². The van der Waals surface area contributed by atoms with Crippen LogP contribution in [0.4, 0.5) is 4.79 Å². The summed E-state index contributed by atoms with van der Waals surface area (Å²) in [5, 5.41) is 10.0. The van der Waals surface area contributed by atoms with Crippen molar-refractivity contribution in [3.63, 3.8) is 0 Å². The molecular formula is C23H27NO6. The zero-order valence-electron chi connectivity index (χ0n) is 17.5. The number of fused-ring (bicyclic) bond motifs is 1. The van der Waals surface area contributed by atoms with Gasteiger partial charge in [-0.3, -0.25) is 4.90 Å². The molecule has 0 aliphatic carbocycles. The lowest BCUT2D eigenvalue weighted by Gasteiger charge is -2.24. The van der Waals surface area contributed by atoms with Crippen molar-refractivity contribution in [1.29, 1.82) is 0 Å². The van der Waals surface area contributed by atoms with Gasteiger partial charge in [0.25, 0.3) is 0 Å². The van der Waals surface area contributed by atoms with Crippen molar-refractivity contribution in [1.82, 2.24) is 4.90 Å². The highest BCUT2D eigenvalue weighted by Gasteiger charge is 2.28. The molecule has 1 aliphatic rings. The minimum Gasteiger partial charge on any atom is -0.490 e. The molecule has 7 nitrogen and oxygen atoms in total. The lowest BCUT2D eigenvalue weighted by Crippen LogP contribution is -2.33. The first-order chi connectivity index (χ1) is 14.2. The Hall–Kier alpha value is -3.06. The van der Waals surface area contributed by atoms with Crippen LogP contribution in [-0.2, 0) is 34.0 Å². The second-order valence-corrected chi connectivity index (χ2v) is 8.19. The molecular weight excluding hydrogens is 386 g/mol. The van der Waals surface area contributed by atoms with Gasteiger partial charge in [-0.05, 0) is 49.6 Å². The summed E-state index contributed by atoms with van der Waals surface area (Å²) in [7, 11) is 0. The van der Waals surface area contributed by atoms with Gasteiger partial charge in [-0.2, -0.15) is 0 Å². The van der Waals surface area contributed by atoms with Crippen molar-refractivity contribution >= 4 is 12.1 Å². The molecule has 30 heavy (non-hydrogen) atoms. The zero-order valence-corrected chi connectivity index (χ0v) is 17.5. The van der Waals surface area contributed by atoms with Crippen LogP contribution in [0.2, 0.25) is 0 Å². The number of hydrogen-bond acceptors (Lipinski definition) is 6. The quantitative estimate of drug-likeness (QED) is 0.731. The van der Waals surface area contributed by atoms with E-state index in [0.29, 0.717) is 18.8 Å². The van der Waals surface area contributed by atoms with Gasteiger partial charge in [0.15, 0.2) is 6.10 Å². The number of ether oxygens (including phenoxy) is 3. The van der Waals surface area contributed by atoms with Crippen LogP contribution >= 0.6 is 0 Å². The third-order valence-electron chi connectivity index (χ3n) is 4.46. The Balaban J connectivity index is 1.49. The maximum atomic E-state index is 12.3. The molecule has 2 aromatic carbocycles.